The van der Waals surface area contributed by atoms with Crippen LogP contribution in [0.15, 0.2) is 18.2 Å². The molecule has 0 aliphatic carbocycles. The van der Waals surface area contributed by atoms with Gasteiger partial charge >= 0.3 is 5.97 Å². The zero-order valence-electron chi connectivity index (χ0n) is 8.11. The molecule has 0 heterocycles. The topological polar surface area (TPSA) is 57.5 Å². The van der Waals surface area contributed by atoms with Crippen molar-refractivity contribution >= 4 is 12.0 Å². The number of rotatable bonds is 2. The molecule has 0 fully saturated rings. The van der Waals surface area contributed by atoms with Crippen LogP contribution in [0.1, 0.15) is 16.7 Å². The van der Waals surface area contributed by atoms with Gasteiger partial charge in [-0.3, -0.25) is 0 Å². The van der Waals surface area contributed by atoms with Crippen LogP contribution in [-0.2, 0) is 4.79 Å². The van der Waals surface area contributed by atoms with E-state index in [1.165, 1.54) is 6.08 Å². The summed E-state index contributed by atoms with van der Waals surface area (Å²) in [7, 11) is 0. The monoisotopic (exact) mass is 192 g/mol. The van der Waals surface area contributed by atoms with Crippen molar-refractivity contribution in [1.82, 2.24) is 0 Å². The maximum Gasteiger partial charge on any atom is 0.328 e. The first-order chi connectivity index (χ1) is 6.50. The number of aromatic hydroxyl groups is 1. The largest absolute Gasteiger partial charge is 0.508 e. The van der Waals surface area contributed by atoms with Crippen LogP contribution in [-0.4, -0.2) is 16.2 Å². The molecule has 1 rings (SSSR count). The third kappa shape index (κ3) is 2.36. The van der Waals surface area contributed by atoms with Crippen LogP contribution in [0, 0.1) is 13.8 Å². The number of aliphatic carboxylic acids is 1. The molecule has 0 radical (unpaired) electrons. The second-order valence-corrected chi connectivity index (χ2v) is 3.15. The Hall–Kier alpha value is -1.77. The molecule has 0 unspecified atom stereocenters. The lowest BCUT2D eigenvalue weighted by atomic mass is 10.0. The molecule has 0 aromatic heterocycles. The Morgan fingerprint density at radius 2 is 2.00 bits per heavy atom. The first-order valence-corrected chi connectivity index (χ1v) is 4.22. The molecule has 0 atom stereocenters. The van der Waals surface area contributed by atoms with Crippen molar-refractivity contribution in [1.29, 1.82) is 0 Å². The van der Waals surface area contributed by atoms with Gasteiger partial charge in [-0.2, -0.15) is 0 Å². The van der Waals surface area contributed by atoms with Gasteiger partial charge in [0.05, 0.1) is 0 Å². The van der Waals surface area contributed by atoms with E-state index >= 15 is 0 Å². The van der Waals surface area contributed by atoms with Crippen LogP contribution < -0.4 is 0 Å². The fourth-order valence-corrected chi connectivity index (χ4v) is 1.20. The van der Waals surface area contributed by atoms with Crippen molar-refractivity contribution in [2.75, 3.05) is 0 Å². The van der Waals surface area contributed by atoms with E-state index in [2.05, 4.69) is 0 Å². The molecule has 0 spiro atoms. The Labute approximate surface area is 82.3 Å². The second-order valence-electron chi connectivity index (χ2n) is 3.15. The lowest BCUT2D eigenvalue weighted by molar-refractivity contribution is -0.131. The molecule has 3 nitrogen and oxygen atoms in total. The summed E-state index contributed by atoms with van der Waals surface area (Å²) in [6, 6.07) is 3.19. The number of hydrogen-bond acceptors (Lipinski definition) is 2. The van der Waals surface area contributed by atoms with Crippen molar-refractivity contribution in [2.24, 2.45) is 0 Å². The number of carboxylic acids is 1. The number of phenolic OH excluding ortho intramolecular Hbond substituents is 1. The van der Waals surface area contributed by atoms with Crippen molar-refractivity contribution in [3.63, 3.8) is 0 Å². The van der Waals surface area contributed by atoms with E-state index in [0.29, 0.717) is 0 Å². The van der Waals surface area contributed by atoms with Gasteiger partial charge in [0.2, 0.25) is 0 Å². The fourth-order valence-electron chi connectivity index (χ4n) is 1.20. The van der Waals surface area contributed by atoms with Crippen molar-refractivity contribution in [2.45, 2.75) is 13.8 Å². The van der Waals surface area contributed by atoms with E-state index in [-0.39, 0.29) is 5.75 Å². The highest BCUT2D eigenvalue weighted by molar-refractivity contribution is 5.85. The Balaban J connectivity index is 3.14. The molecule has 0 aliphatic rings. The minimum Gasteiger partial charge on any atom is -0.508 e. The molecular formula is C11H12O3. The van der Waals surface area contributed by atoms with E-state index in [1.54, 1.807) is 12.1 Å². The lowest BCUT2D eigenvalue weighted by Gasteiger charge is -2.05. The average Bonchev–Trinajstić information content (AvgIpc) is 2.08. The first kappa shape index (κ1) is 10.3. The number of benzene rings is 1. The van der Waals surface area contributed by atoms with Crippen molar-refractivity contribution in [3.8, 4) is 5.75 Å². The zero-order valence-corrected chi connectivity index (χ0v) is 8.11. The maximum absolute atomic E-state index is 10.3. The smallest absolute Gasteiger partial charge is 0.328 e. The number of carboxylic acid groups (broad SMARTS) is 1. The second kappa shape index (κ2) is 3.96. The molecular weight excluding hydrogens is 180 g/mol. The first-order valence-electron chi connectivity index (χ1n) is 4.22. The van der Waals surface area contributed by atoms with Crippen LogP contribution >= 0.6 is 0 Å². The molecule has 0 amide bonds. The Bertz CT molecular complexity index is 392. The van der Waals surface area contributed by atoms with E-state index < -0.39 is 5.97 Å². The standard InChI is InChI=1S/C11H12O3/c1-7-5-10(12)6-9(8(7)2)3-4-11(13)14/h3-6,12H,1-2H3,(H,13,14)/b4-3+. The molecule has 1 aromatic carbocycles. The molecule has 14 heavy (non-hydrogen) atoms. The highest BCUT2D eigenvalue weighted by atomic mass is 16.4. The summed E-state index contributed by atoms with van der Waals surface area (Å²) in [6.07, 6.45) is 2.53. The lowest BCUT2D eigenvalue weighted by Crippen LogP contribution is -1.89. The summed E-state index contributed by atoms with van der Waals surface area (Å²) in [5, 5.41) is 17.8. The highest BCUT2D eigenvalue weighted by Crippen LogP contribution is 2.21. The third-order valence-corrected chi connectivity index (χ3v) is 2.10. The van der Waals surface area contributed by atoms with E-state index in [4.69, 9.17) is 5.11 Å². The van der Waals surface area contributed by atoms with Crippen molar-refractivity contribution < 1.29 is 15.0 Å². The normalized spacial score (nSPS) is 10.7. The molecule has 0 saturated heterocycles. The van der Waals surface area contributed by atoms with Gasteiger partial charge in [0.25, 0.3) is 0 Å². The fraction of sp³-hybridized carbons (Fsp3) is 0.182. The molecule has 0 aliphatic heterocycles. The van der Waals surface area contributed by atoms with Crippen molar-refractivity contribution in [3.05, 3.63) is 34.9 Å². The zero-order chi connectivity index (χ0) is 10.7. The van der Waals surface area contributed by atoms with Gasteiger partial charge in [-0.25, -0.2) is 4.79 Å². The molecule has 1 aromatic rings. The summed E-state index contributed by atoms with van der Waals surface area (Å²) >= 11 is 0. The Morgan fingerprint density at radius 1 is 1.36 bits per heavy atom. The predicted molar refractivity (Wildman–Crippen MR) is 54.3 cm³/mol. The summed E-state index contributed by atoms with van der Waals surface area (Å²) in [5.41, 5.74) is 2.64. The summed E-state index contributed by atoms with van der Waals surface area (Å²) < 4.78 is 0. The number of carbonyl (C=O) groups is 1. The van der Waals surface area contributed by atoms with Gasteiger partial charge < -0.3 is 10.2 Å². The molecule has 3 heteroatoms. The summed E-state index contributed by atoms with van der Waals surface area (Å²) in [5.74, 6) is -0.844. The van der Waals surface area contributed by atoms with Crippen LogP contribution in [0.2, 0.25) is 0 Å². The Kier molecular flexibility index (Phi) is 2.92. The van der Waals surface area contributed by atoms with Gasteiger partial charge in [0, 0.05) is 6.08 Å². The van der Waals surface area contributed by atoms with Gasteiger partial charge in [0.15, 0.2) is 0 Å². The summed E-state index contributed by atoms with van der Waals surface area (Å²) in [6.45, 7) is 3.75. The average molecular weight is 192 g/mol. The van der Waals surface area contributed by atoms with Gasteiger partial charge in [-0.05, 0) is 48.7 Å². The molecule has 0 bridgehead atoms. The SMILES string of the molecule is Cc1cc(O)cc(/C=C/C(=O)O)c1C. The molecule has 2 N–H and O–H groups in total. The highest BCUT2D eigenvalue weighted by Gasteiger charge is 2.01. The third-order valence-electron chi connectivity index (χ3n) is 2.10. The van der Waals surface area contributed by atoms with Gasteiger partial charge in [-0.1, -0.05) is 0 Å². The maximum atomic E-state index is 10.3. The van der Waals surface area contributed by atoms with Crippen LogP contribution in [0.25, 0.3) is 6.08 Å². The van der Waals surface area contributed by atoms with Crippen LogP contribution in [0.5, 0.6) is 5.75 Å². The van der Waals surface area contributed by atoms with Crippen LogP contribution in [0.4, 0.5) is 0 Å². The number of phenols is 1. The summed E-state index contributed by atoms with van der Waals surface area (Å²) in [4.78, 5) is 10.3. The number of hydrogen-bond donors (Lipinski definition) is 2. The molecule has 74 valence electrons. The molecule has 0 saturated carbocycles. The minimum atomic E-state index is -0.995. The van der Waals surface area contributed by atoms with E-state index in [1.807, 2.05) is 13.8 Å². The quantitative estimate of drug-likeness (QED) is 0.705. The van der Waals surface area contributed by atoms with E-state index in [9.17, 15) is 9.90 Å². The van der Waals surface area contributed by atoms with E-state index in [0.717, 1.165) is 22.8 Å². The predicted octanol–water partition coefficient (Wildman–Crippen LogP) is 2.11. The van der Waals surface area contributed by atoms with Gasteiger partial charge in [-0.15, -0.1) is 0 Å². The minimum absolute atomic E-state index is 0.151. The number of aryl methyl sites for hydroxylation is 1. The Morgan fingerprint density at radius 3 is 2.57 bits per heavy atom. The van der Waals surface area contributed by atoms with Crippen LogP contribution in [0.3, 0.4) is 0 Å². The van der Waals surface area contributed by atoms with Gasteiger partial charge in [0.1, 0.15) is 5.75 Å².